The van der Waals surface area contributed by atoms with E-state index in [4.69, 9.17) is 9.84 Å². The van der Waals surface area contributed by atoms with Gasteiger partial charge in [0.2, 0.25) is 11.8 Å². The van der Waals surface area contributed by atoms with Gasteiger partial charge in [0.25, 0.3) is 0 Å². The van der Waals surface area contributed by atoms with Crippen molar-refractivity contribution in [2.75, 3.05) is 39.9 Å². The van der Waals surface area contributed by atoms with Crippen LogP contribution in [0.15, 0.2) is 0 Å². The summed E-state index contributed by atoms with van der Waals surface area (Å²) in [5.74, 6) is -1.39. The molecule has 1 saturated heterocycles. The molecule has 1 N–H and O–H groups in total. The quantitative estimate of drug-likeness (QED) is 0.801. The first-order chi connectivity index (χ1) is 10.5. The van der Waals surface area contributed by atoms with Crippen LogP contribution in [0.5, 0.6) is 0 Å². The highest BCUT2D eigenvalue weighted by atomic mass is 16.5. The van der Waals surface area contributed by atoms with Gasteiger partial charge < -0.3 is 19.6 Å². The van der Waals surface area contributed by atoms with E-state index < -0.39 is 11.9 Å². The number of ether oxygens (including phenoxy) is 1. The zero-order valence-corrected chi connectivity index (χ0v) is 13.0. The maximum Gasteiger partial charge on any atom is 0.306 e. The lowest BCUT2D eigenvalue weighted by molar-refractivity contribution is -0.148. The van der Waals surface area contributed by atoms with E-state index in [1.807, 2.05) is 0 Å². The number of carboxylic acids is 1. The monoisotopic (exact) mass is 312 g/mol. The van der Waals surface area contributed by atoms with Crippen molar-refractivity contribution in [3.05, 3.63) is 0 Å². The molecule has 0 aromatic heterocycles. The standard InChI is InChI=1S/C15H24N2O5/c1-22-10-13(18)16-5-7-17(8-6-16)14(19)11-3-2-4-12(9-11)15(20)21/h11-12H,2-10H2,1H3,(H,20,21). The van der Waals surface area contributed by atoms with Crippen LogP contribution >= 0.6 is 0 Å². The zero-order valence-electron chi connectivity index (χ0n) is 13.0. The van der Waals surface area contributed by atoms with Gasteiger partial charge in [0.1, 0.15) is 6.61 Å². The predicted octanol–water partition coefficient (Wildman–Crippen LogP) is 0.195. The molecule has 0 radical (unpaired) electrons. The fourth-order valence-electron chi connectivity index (χ4n) is 3.29. The maximum atomic E-state index is 12.5. The van der Waals surface area contributed by atoms with Crippen LogP contribution in [0, 0.1) is 11.8 Å². The summed E-state index contributed by atoms with van der Waals surface area (Å²) in [6.45, 7) is 2.13. The van der Waals surface area contributed by atoms with Crippen molar-refractivity contribution in [1.29, 1.82) is 0 Å². The minimum absolute atomic E-state index is 0.0461. The average molecular weight is 312 g/mol. The third-order valence-corrected chi connectivity index (χ3v) is 4.58. The van der Waals surface area contributed by atoms with Crippen LogP contribution in [-0.4, -0.2) is 72.6 Å². The molecule has 1 aliphatic heterocycles. The molecule has 2 rings (SSSR count). The summed E-state index contributed by atoms with van der Waals surface area (Å²) in [4.78, 5) is 38.8. The molecule has 2 fully saturated rings. The Kier molecular flexibility index (Phi) is 5.76. The number of rotatable bonds is 4. The molecule has 0 bridgehead atoms. The fourth-order valence-corrected chi connectivity index (χ4v) is 3.29. The van der Waals surface area contributed by atoms with Gasteiger partial charge in [-0.25, -0.2) is 0 Å². The van der Waals surface area contributed by atoms with Gasteiger partial charge in [-0.05, 0) is 19.3 Å². The van der Waals surface area contributed by atoms with E-state index in [2.05, 4.69) is 0 Å². The first kappa shape index (κ1) is 16.7. The summed E-state index contributed by atoms with van der Waals surface area (Å²) in [6, 6.07) is 0. The van der Waals surface area contributed by atoms with Gasteiger partial charge in [-0.15, -0.1) is 0 Å². The number of carboxylic acid groups (broad SMARTS) is 1. The van der Waals surface area contributed by atoms with Gasteiger partial charge in [-0.2, -0.15) is 0 Å². The first-order valence-corrected chi connectivity index (χ1v) is 7.81. The lowest BCUT2D eigenvalue weighted by Crippen LogP contribution is -2.53. The molecule has 1 aliphatic carbocycles. The van der Waals surface area contributed by atoms with Crippen LogP contribution in [0.4, 0.5) is 0 Å². The molecule has 2 amide bonds. The number of hydrogen-bond acceptors (Lipinski definition) is 4. The third-order valence-electron chi connectivity index (χ3n) is 4.58. The molecule has 7 heteroatoms. The second kappa shape index (κ2) is 7.58. The number of carbonyl (C=O) groups excluding carboxylic acids is 2. The number of aliphatic carboxylic acids is 1. The van der Waals surface area contributed by atoms with Gasteiger partial charge in [-0.3, -0.25) is 14.4 Å². The molecule has 7 nitrogen and oxygen atoms in total. The van der Waals surface area contributed by atoms with E-state index in [1.54, 1.807) is 9.80 Å². The zero-order chi connectivity index (χ0) is 16.1. The SMILES string of the molecule is COCC(=O)N1CCN(C(=O)C2CCCC(C(=O)O)C2)CC1. The summed E-state index contributed by atoms with van der Waals surface area (Å²) in [5, 5.41) is 9.11. The summed E-state index contributed by atoms with van der Waals surface area (Å²) in [5.41, 5.74) is 0. The van der Waals surface area contributed by atoms with Crippen molar-refractivity contribution in [2.24, 2.45) is 11.8 Å². The molecular formula is C15H24N2O5. The Balaban J connectivity index is 1.84. The van der Waals surface area contributed by atoms with Crippen LogP contribution in [0.2, 0.25) is 0 Å². The van der Waals surface area contributed by atoms with Gasteiger partial charge in [0.05, 0.1) is 5.92 Å². The minimum atomic E-state index is -0.799. The smallest absolute Gasteiger partial charge is 0.306 e. The third kappa shape index (κ3) is 3.97. The molecule has 2 atom stereocenters. The Hall–Kier alpha value is -1.63. The Morgan fingerprint density at radius 2 is 1.64 bits per heavy atom. The molecule has 2 unspecified atom stereocenters. The van der Waals surface area contributed by atoms with E-state index in [0.717, 1.165) is 12.8 Å². The van der Waals surface area contributed by atoms with Crippen LogP contribution in [0.3, 0.4) is 0 Å². The molecule has 0 aromatic rings. The topological polar surface area (TPSA) is 87.2 Å². The molecule has 2 aliphatic rings. The number of nitrogens with zero attached hydrogens (tertiary/aromatic N) is 2. The molecule has 0 aromatic carbocycles. The van der Waals surface area contributed by atoms with Crippen LogP contribution in [0.1, 0.15) is 25.7 Å². The highest BCUT2D eigenvalue weighted by Gasteiger charge is 2.34. The lowest BCUT2D eigenvalue weighted by atomic mass is 9.80. The summed E-state index contributed by atoms with van der Waals surface area (Å²) in [6.07, 6.45) is 2.67. The normalized spacial score (nSPS) is 25.9. The van der Waals surface area contributed by atoms with Crippen molar-refractivity contribution < 1.29 is 24.2 Å². The van der Waals surface area contributed by atoms with Crippen molar-refractivity contribution in [3.63, 3.8) is 0 Å². The Bertz CT molecular complexity index is 432. The maximum absolute atomic E-state index is 12.5. The van der Waals surface area contributed by atoms with E-state index in [9.17, 15) is 14.4 Å². The van der Waals surface area contributed by atoms with E-state index in [-0.39, 0.29) is 24.3 Å². The van der Waals surface area contributed by atoms with Crippen molar-refractivity contribution in [1.82, 2.24) is 9.80 Å². The predicted molar refractivity (Wildman–Crippen MR) is 78.1 cm³/mol. The number of piperazine rings is 1. The molecule has 124 valence electrons. The van der Waals surface area contributed by atoms with Crippen LogP contribution in [0.25, 0.3) is 0 Å². The average Bonchev–Trinajstić information content (AvgIpc) is 2.54. The number of methoxy groups -OCH3 is 1. The fraction of sp³-hybridized carbons (Fsp3) is 0.800. The molecule has 0 spiro atoms. The van der Waals surface area contributed by atoms with Crippen LogP contribution in [-0.2, 0) is 19.1 Å². The van der Waals surface area contributed by atoms with E-state index >= 15 is 0 Å². The Morgan fingerprint density at radius 3 is 2.23 bits per heavy atom. The summed E-state index contributed by atoms with van der Waals surface area (Å²) >= 11 is 0. The number of hydrogen-bond donors (Lipinski definition) is 1. The second-order valence-corrected chi connectivity index (χ2v) is 6.04. The van der Waals surface area contributed by atoms with Crippen LogP contribution < -0.4 is 0 Å². The summed E-state index contributed by atoms with van der Waals surface area (Å²) < 4.78 is 4.83. The molecule has 1 heterocycles. The highest BCUT2D eigenvalue weighted by molar-refractivity contribution is 5.81. The van der Waals surface area contributed by atoms with Gasteiger partial charge in [0.15, 0.2) is 0 Å². The number of amides is 2. The summed E-state index contributed by atoms with van der Waals surface area (Å²) in [7, 11) is 1.49. The molecule has 1 saturated carbocycles. The van der Waals surface area contributed by atoms with Crippen molar-refractivity contribution >= 4 is 17.8 Å². The lowest BCUT2D eigenvalue weighted by Gasteiger charge is -2.37. The Morgan fingerprint density at radius 1 is 1.05 bits per heavy atom. The van der Waals surface area contributed by atoms with Gasteiger partial charge in [-0.1, -0.05) is 6.42 Å². The van der Waals surface area contributed by atoms with Crippen molar-refractivity contribution in [2.45, 2.75) is 25.7 Å². The minimum Gasteiger partial charge on any atom is -0.481 e. The first-order valence-electron chi connectivity index (χ1n) is 7.81. The second-order valence-electron chi connectivity index (χ2n) is 6.04. The molecule has 22 heavy (non-hydrogen) atoms. The Labute approximate surface area is 130 Å². The number of carbonyl (C=O) groups is 3. The van der Waals surface area contributed by atoms with E-state index in [1.165, 1.54) is 7.11 Å². The highest BCUT2D eigenvalue weighted by Crippen LogP contribution is 2.30. The van der Waals surface area contributed by atoms with Crippen molar-refractivity contribution in [3.8, 4) is 0 Å². The van der Waals surface area contributed by atoms with Gasteiger partial charge >= 0.3 is 5.97 Å². The molecular weight excluding hydrogens is 288 g/mol. The van der Waals surface area contributed by atoms with Gasteiger partial charge in [0, 0.05) is 39.2 Å². The largest absolute Gasteiger partial charge is 0.481 e. The van der Waals surface area contributed by atoms with E-state index in [0.29, 0.717) is 39.0 Å².